The number of rotatable bonds is 6. The van der Waals surface area contributed by atoms with Gasteiger partial charge in [0.15, 0.2) is 0 Å². The number of piperidine rings is 1. The molecule has 5 nitrogen and oxygen atoms in total. The third kappa shape index (κ3) is 4.44. The van der Waals surface area contributed by atoms with Crippen molar-refractivity contribution in [3.63, 3.8) is 0 Å². The topological polar surface area (TPSA) is 54.5 Å². The second kappa shape index (κ2) is 8.13. The number of hydrogen-bond donors (Lipinski definition) is 1. The van der Waals surface area contributed by atoms with Crippen molar-refractivity contribution in [1.82, 2.24) is 9.88 Å². The number of pyridine rings is 1. The number of anilines is 1. The van der Waals surface area contributed by atoms with E-state index in [0.717, 1.165) is 39.1 Å². The minimum atomic E-state index is 0.0671. The van der Waals surface area contributed by atoms with E-state index < -0.39 is 0 Å². The van der Waals surface area contributed by atoms with E-state index in [9.17, 15) is 4.79 Å². The van der Waals surface area contributed by atoms with Gasteiger partial charge >= 0.3 is 0 Å². The summed E-state index contributed by atoms with van der Waals surface area (Å²) in [4.78, 5) is 19.1. The Hall–Kier alpha value is -1.62. The lowest BCUT2D eigenvalue weighted by molar-refractivity contribution is 0.0501. The fraction of sp³-hybridized carbons (Fsp3) is 0.647. The molecule has 0 saturated carbocycles. The lowest BCUT2D eigenvalue weighted by Crippen LogP contribution is -2.41. The molecule has 5 heteroatoms. The minimum absolute atomic E-state index is 0.0671. The third-order valence-electron chi connectivity index (χ3n) is 3.83. The van der Waals surface area contributed by atoms with Gasteiger partial charge in [-0.2, -0.15) is 0 Å². The fourth-order valence-electron chi connectivity index (χ4n) is 2.81. The van der Waals surface area contributed by atoms with Gasteiger partial charge in [-0.1, -0.05) is 0 Å². The van der Waals surface area contributed by atoms with E-state index in [1.165, 1.54) is 0 Å². The number of nitrogens with one attached hydrogen (secondary N) is 1. The Morgan fingerprint density at radius 1 is 1.55 bits per heavy atom. The van der Waals surface area contributed by atoms with Crippen LogP contribution in [0.4, 0.5) is 5.82 Å². The zero-order valence-corrected chi connectivity index (χ0v) is 13.8. The molecule has 1 aromatic rings. The maximum atomic E-state index is 12.8. The summed E-state index contributed by atoms with van der Waals surface area (Å²) in [5.74, 6) is 1.18. The minimum Gasteiger partial charge on any atom is -0.381 e. The molecule has 122 valence electrons. The van der Waals surface area contributed by atoms with E-state index in [1.807, 2.05) is 37.8 Å². The molecule has 2 rings (SSSR count). The van der Waals surface area contributed by atoms with E-state index in [1.54, 1.807) is 6.20 Å². The predicted molar refractivity (Wildman–Crippen MR) is 88.1 cm³/mol. The van der Waals surface area contributed by atoms with Crippen LogP contribution < -0.4 is 5.32 Å². The summed E-state index contributed by atoms with van der Waals surface area (Å²) in [5, 5.41) is 3.26. The van der Waals surface area contributed by atoms with Crippen molar-refractivity contribution in [2.45, 2.75) is 39.7 Å². The van der Waals surface area contributed by atoms with Gasteiger partial charge < -0.3 is 15.0 Å². The highest BCUT2D eigenvalue weighted by Crippen LogP contribution is 2.21. The Balaban J connectivity index is 2.07. The first-order valence-electron chi connectivity index (χ1n) is 8.20. The highest BCUT2D eigenvalue weighted by molar-refractivity contribution is 5.98. The van der Waals surface area contributed by atoms with Gasteiger partial charge in [0.2, 0.25) is 0 Å². The van der Waals surface area contributed by atoms with Crippen LogP contribution in [0.1, 0.15) is 44.0 Å². The van der Waals surface area contributed by atoms with Gasteiger partial charge in [0.1, 0.15) is 5.82 Å². The van der Waals surface area contributed by atoms with Crippen LogP contribution in [0.25, 0.3) is 0 Å². The monoisotopic (exact) mass is 305 g/mol. The molecule has 1 fully saturated rings. The van der Waals surface area contributed by atoms with Crippen molar-refractivity contribution >= 4 is 11.7 Å². The number of ether oxygens (including phenoxy) is 1. The fourth-order valence-corrected chi connectivity index (χ4v) is 2.81. The molecule has 0 bridgehead atoms. The van der Waals surface area contributed by atoms with Gasteiger partial charge in [0, 0.05) is 31.9 Å². The summed E-state index contributed by atoms with van der Waals surface area (Å²) in [6.07, 6.45) is 3.89. The van der Waals surface area contributed by atoms with E-state index in [4.69, 9.17) is 4.74 Å². The highest BCUT2D eigenvalue weighted by atomic mass is 16.5. The molecular formula is C17H27N3O2. The molecule has 0 radical (unpaired) electrons. The Bertz CT molecular complexity index is 491. The van der Waals surface area contributed by atoms with Crippen LogP contribution in [-0.2, 0) is 4.74 Å². The average molecular weight is 305 g/mol. The summed E-state index contributed by atoms with van der Waals surface area (Å²) in [5.41, 5.74) is 0.660. The summed E-state index contributed by atoms with van der Waals surface area (Å²) in [6.45, 7) is 9.15. The summed E-state index contributed by atoms with van der Waals surface area (Å²) in [7, 11) is 0. The highest BCUT2D eigenvalue weighted by Gasteiger charge is 2.26. The van der Waals surface area contributed by atoms with Crippen LogP contribution in [0.5, 0.6) is 0 Å². The number of amides is 1. The van der Waals surface area contributed by atoms with Gasteiger partial charge in [-0.25, -0.2) is 4.98 Å². The maximum Gasteiger partial charge on any atom is 0.257 e. The van der Waals surface area contributed by atoms with Crippen molar-refractivity contribution in [1.29, 1.82) is 0 Å². The Morgan fingerprint density at radius 3 is 3.09 bits per heavy atom. The second-order valence-corrected chi connectivity index (χ2v) is 6.12. The first-order chi connectivity index (χ1) is 10.6. The smallest absolute Gasteiger partial charge is 0.257 e. The quantitative estimate of drug-likeness (QED) is 0.878. The van der Waals surface area contributed by atoms with E-state index >= 15 is 0 Å². The first kappa shape index (κ1) is 16.7. The van der Waals surface area contributed by atoms with Crippen LogP contribution in [-0.4, -0.2) is 48.1 Å². The largest absolute Gasteiger partial charge is 0.381 e. The lowest BCUT2D eigenvalue weighted by atomic mass is 9.98. The maximum absolute atomic E-state index is 12.8. The van der Waals surface area contributed by atoms with E-state index in [2.05, 4.69) is 10.3 Å². The number of carbonyl (C=O) groups is 1. The molecule has 0 spiro atoms. The summed E-state index contributed by atoms with van der Waals surface area (Å²) >= 11 is 0. The molecule has 1 N–H and O–H groups in total. The van der Waals surface area contributed by atoms with Crippen LogP contribution >= 0.6 is 0 Å². The molecule has 1 aliphatic heterocycles. The van der Waals surface area contributed by atoms with Crippen molar-refractivity contribution in [2.24, 2.45) is 5.92 Å². The number of carbonyl (C=O) groups excluding carboxylic acids is 1. The average Bonchev–Trinajstić information content (AvgIpc) is 2.52. The van der Waals surface area contributed by atoms with Crippen LogP contribution in [0.2, 0.25) is 0 Å². The molecule has 22 heavy (non-hydrogen) atoms. The van der Waals surface area contributed by atoms with Crippen LogP contribution in [0.3, 0.4) is 0 Å². The van der Waals surface area contributed by atoms with Crippen molar-refractivity contribution in [3.05, 3.63) is 23.9 Å². The van der Waals surface area contributed by atoms with Gasteiger partial charge in [0.05, 0.1) is 12.2 Å². The Labute approximate surface area is 133 Å². The molecule has 1 aromatic heterocycles. The summed E-state index contributed by atoms with van der Waals surface area (Å²) < 4.78 is 5.52. The van der Waals surface area contributed by atoms with E-state index in [-0.39, 0.29) is 11.9 Å². The lowest BCUT2D eigenvalue weighted by Gasteiger charge is -2.33. The Morgan fingerprint density at radius 2 is 2.36 bits per heavy atom. The Kier molecular flexibility index (Phi) is 6.19. The number of likely N-dealkylation sites (tertiary alicyclic amines) is 1. The van der Waals surface area contributed by atoms with Crippen LogP contribution in [0, 0.1) is 5.92 Å². The second-order valence-electron chi connectivity index (χ2n) is 6.12. The van der Waals surface area contributed by atoms with Gasteiger partial charge in [-0.05, 0) is 51.7 Å². The zero-order chi connectivity index (χ0) is 15.9. The molecule has 2 heterocycles. The number of nitrogens with zero attached hydrogens (tertiary/aromatic N) is 2. The van der Waals surface area contributed by atoms with Gasteiger partial charge in [0.25, 0.3) is 5.91 Å². The van der Waals surface area contributed by atoms with Gasteiger partial charge in [-0.15, -0.1) is 0 Å². The molecule has 1 amide bonds. The van der Waals surface area contributed by atoms with Crippen LogP contribution in [0.15, 0.2) is 18.3 Å². The molecule has 0 unspecified atom stereocenters. The number of aromatic nitrogens is 1. The molecule has 1 aliphatic rings. The van der Waals surface area contributed by atoms with Gasteiger partial charge in [-0.3, -0.25) is 4.79 Å². The summed E-state index contributed by atoms with van der Waals surface area (Å²) in [6, 6.07) is 3.92. The van der Waals surface area contributed by atoms with E-state index in [0.29, 0.717) is 17.3 Å². The predicted octanol–water partition coefficient (Wildman–Crippen LogP) is 2.79. The zero-order valence-electron chi connectivity index (χ0n) is 13.8. The standard InChI is InChI=1S/C17H27N3O2/c1-4-22-12-14-7-6-10-20(11-14)17(21)15-8-5-9-18-16(15)19-13(2)3/h5,8-9,13-14H,4,6-7,10-12H2,1-3H3,(H,18,19)/t14-/m1/s1. The van der Waals surface area contributed by atoms with Crippen molar-refractivity contribution in [2.75, 3.05) is 31.6 Å². The molecular weight excluding hydrogens is 278 g/mol. The third-order valence-corrected chi connectivity index (χ3v) is 3.83. The van der Waals surface area contributed by atoms with Crippen molar-refractivity contribution < 1.29 is 9.53 Å². The van der Waals surface area contributed by atoms with Crippen molar-refractivity contribution in [3.8, 4) is 0 Å². The molecule has 1 atom stereocenters. The SMILES string of the molecule is CCOC[C@@H]1CCCN(C(=O)c2cccnc2NC(C)C)C1. The number of hydrogen-bond acceptors (Lipinski definition) is 4. The normalized spacial score (nSPS) is 18.5. The first-order valence-corrected chi connectivity index (χ1v) is 8.20. The molecule has 0 aromatic carbocycles. The molecule has 0 aliphatic carbocycles. The molecule has 1 saturated heterocycles.